The number of pyridine rings is 1. The van der Waals surface area contributed by atoms with Gasteiger partial charge in [-0.15, -0.1) is 0 Å². The summed E-state index contributed by atoms with van der Waals surface area (Å²) in [6, 6.07) is 1.23. The summed E-state index contributed by atoms with van der Waals surface area (Å²) in [6.07, 6.45) is 7.61. The summed E-state index contributed by atoms with van der Waals surface area (Å²) in [5, 5.41) is 12.9. The Hall–Kier alpha value is -2.27. The number of ketones is 1. The molecule has 10 heteroatoms. The lowest BCUT2D eigenvalue weighted by Crippen LogP contribution is -2.39. The maximum atomic E-state index is 13.3. The second-order valence-electron chi connectivity index (χ2n) is 9.86. The van der Waals surface area contributed by atoms with Crippen molar-refractivity contribution in [2.75, 3.05) is 46.6 Å². The molecule has 4 atom stereocenters. The number of aromatic nitrogens is 1. The molecule has 212 valence electrons. The average Bonchev–Trinajstić information content (AvgIpc) is 2.89. The first kappa shape index (κ1) is 32.8. The van der Waals surface area contributed by atoms with Crippen molar-refractivity contribution in [3.05, 3.63) is 28.7 Å². The van der Waals surface area contributed by atoms with Crippen LogP contribution in [0, 0.1) is 23.7 Å². The fourth-order valence-corrected chi connectivity index (χ4v) is 4.55. The van der Waals surface area contributed by atoms with Gasteiger partial charge in [-0.3, -0.25) is 14.4 Å². The summed E-state index contributed by atoms with van der Waals surface area (Å²) in [4.78, 5) is 37.5. The minimum atomic E-state index is -0.696. The molecule has 0 aliphatic carbocycles. The highest BCUT2D eigenvalue weighted by Gasteiger charge is 2.25. The molecule has 1 heterocycles. The molecule has 1 aromatic rings. The number of nitrogens with zero attached hydrogens (tertiary/aromatic N) is 1. The van der Waals surface area contributed by atoms with Crippen molar-refractivity contribution in [3.8, 4) is 5.75 Å². The van der Waals surface area contributed by atoms with E-state index in [0.29, 0.717) is 38.1 Å². The van der Waals surface area contributed by atoms with Crippen LogP contribution in [-0.4, -0.2) is 67.9 Å². The van der Waals surface area contributed by atoms with Crippen molar-refractivity contribution < 1.29 is 24.2 Å². The third kappa shape index (κ3) is 13.2. The van der Waals surface area contributed by atoms with Gasteiger partial charge in [-0.25, -0.2) is 0 Å². The number of hydrogen-bond acceptors (Lipinski definition) is 8. The van der Waals surface area contributed by atoms with Gasteiger partial charge in [0.05, 0.1) is 19.1 Å². The minimum absolute atomic E-state index is 0.0297. The van der Waals surface area contributed by atoms with Gasteiger partial charge in [-0.2, -0.15) is 0 Å². The zero-order valence-corrected chi connectivity index (χ0v) is 22.8. The summed E-state index contributed by atoms with van der Waals surface area (Å²) in [7, 11) is 1.55. The van der Waals surface area contributed by atoms with Crippen LogP contribution in [-0.2, 0) is 25.6 Å². The molecule has 0 saturated carbocycles. The van der Waals surface area contributed by atoms with E-state index < -0.39 is 17.1 Å². The number of amides is 1. The van der Waals surface area contributed by atoms with Gasteiger partial charge in [0.1, 0.15) is 6.61 Å². The van der Waals surface area contributed by atoms with Gasteiger partial charge in [0.25, 0.3) is 0 Å². The minimum Gasteiger partial charge on any atom is -0.503 e. The Bertz CT molecular complexity index is 842. The Morgan fingerprint density at radius 2 is 1.81 bits per heavy atom. The van der Waals surface area contributed by atoms with Crippen LogP contribution in [0.5, 0.6) is 5.75 Å². The van der Waals surface area contributed by atoms with E-state index in [0.717, 1.165) is 32.1 Å². The number of methoxy groups -OCH3 is 1. The van der Waals surface area contributed by atoms with Crippen LogP contribution in [0.3, 0.4) is 0 Å². The van der Waals surface area contributed by atoms with Gasteiger partial charge < -0.3 is 35.9 Å². The van der Waals surface area contributed by atoms with E-state index in [1.165, 1.54) is 18.5 Å². The molecule has 1 amide bonds. The third-order valence-corrected chi connectivity index (χ3v) is 6.77. The lowest BCUT2D eigenvalue weighted by molar-refractivity contribution is -0.132. The Morgan fingerprint density at radius 1 is 1.11 bits per heavy atom. The first-order chi connectivity index (χ1) is 17.8. The van der Waals surface area contributed by atoms with E-state index >= 15 is 0 Å². The number of rotatable bonds is 21. The number of aromatic hydroxyl groups is 1. The summed E-state index contributed by atoms with van der Waals surface area (Å²) in [5.74, 6) is -0.596. The number of Topliss-reactive ketones (excluding diaryl/α,β-unsaturated/α-hetero) is 1. The fraction of sp³-hybridized carbons (Fsp3) is 0.741. The molecule has 37 heavy (non-hydrogen) atoms. The maximum absolute atomic E-state index is 13.3. The van der Waals surface area contributed by atoms with E-state index in [-0.39, 0.29) is 43.8 Å². The van der Waals surface area contributed by atoms with Crippen molar-refractivity contribution in [1.82, 2.24) is 9.88 Å². The van der Waals surface area contributed by atoms with Crippen molar-refractivity contribution in [2.24, 2.45) is 35.1 Å². The molecule has 0 radical (unpaired) electrons. The zero-order chi connectivity index (χ0) is 27.6. The topological polar surface area (TPSA) is 159 Å². The first-order valence-electron chi connectivity index (χ1n) is 13.4. The average molecular weight is 525 g/mol. The number of nitrogens with two attached hydrogens (primary N) is 2. The molecule has 0 spiro atoms. The van der Waals surface area contributed by atoms with Crippen LogP contribution >= 0.6 is 0 Å². The molecule has 0 aliphatic heterocycles. The van der Waals surface area contributed by atoms with Crippen molar-refractivity contribution in [2.45, 2.75) is 58.9 Å². The Labute approximate surface area is 221 Å². The molecule has 0 fully saturated rings. The molecule has 1 aromatic heterocycles. The lowest BCUT2D eigenvalue weighted by Gasteiger charge is -2.27. The largest absolute Gasteiger partial charge is 0.503 e. The van der Waals surface area contributed by atoms with Crippen LogP contribution in [0.25, 0.3) is 0 Å². The molecular formula is C27H48N4O6. The number of nitrogens with one attached hydrogen (secondary N) is 1. The number of carbonyl (C=O) groups excluding carboxylic acids is 2. The molecular weight excluding hydrogens is 476 g/mol. The smallest absolute Gasteiger partial charge is 0.225 e. The maximum Gasteiger partial charge on any atom is 0.225 e. The summed E-state index contributed by atoms with van der Waals surface area (Å²) in [6.45, 7) is 6.61. The summed E-state index contributed by atoms with van der Waals surface area (Å²) < 4.78 is 11.8. The zero-order valence-electron chi connectivity index (χ0n) is 22.8. The van der Waals surface area contributed by atoms with E-state index in [1.54, 1.807) is 11.7 Å². The monoisotopic (exact) mass is 524 g/mol. The van der Waals surface area contributed by atoms with Crippen molar-refractivity contribution in [1.29, 1.82) is 0 Å². The lowest BCUT2D eigenvalue weighted by atomic mass is 9.84. The third-order valence-electron chi connectivity index (χ3n) is 6.77. The van der Waals surface area contributed by atoms with Gasteiger partial charge in [0.15, 0.2) is 11.5 Å². The van der Waals surface area contributed by atoms with Gasteiger partial charge in [-0.1, -0.05) is 26.7 Å². The second kappa shape index (κ2) is 18.9. The van der Waals surface area contributed by atoms with Crippen LogP contribution in [0.15, 0.2) is 23.3 Å². The molecule has 0 aromatic carbocycles. The molecule has 10 nitrogen and oxygen atoms in total. The van der Waals surface area contributed by atoms with E-state index in [4.69, 9.17) is 20.9 Å². The molecule has 0 aliphatic rings. The van der Waals surface area contributed by atoms with Crippen LogP contribution in [0.4, 0.5) is 0 Å². The summed E-state index contributed by atoms with van der Waals surface area (Å²) >= 11 is 0. The fourth-order valence-electron chi connectivity index (χ4n) is 4.55. The van der Waals surface area contributed by atoms with Crippen LogP contribution < -0.4 is 22.2 Å². The predicted molar refractivity (Wildman–Crippen MR) is 144 cm³/mol. The Balaban J connectivity index is 2.95. The van der Waals surface area contributed by atoms with E-state index in [2.05, 4.69) is 19.2 Å². The van der Waals surface area contributed by atoms with Gasteiger partial charge in [-0.05, 0) is 50.1 Å². The van der Waals surface area contributed by atoms with Gasteiger partial charge in [0.2, 0.25) is 11.3 Å². The normalized spacial score (nSPS) is 14.6. The SMILES string of the molecule is CCCC(CN)CC(CNC(=O)C(CC(=O)COCCOC)Cn1ccc(=O)c(O)c1)CC(CC)CN. The Kier molecular flexibility index (Phi) is 16.7. The predicted octanol–water partition coefficient (Wildman–Crippen LogP) is 1.66. The van der Waals surface area contributed by atoms with E-state index in [1.807, 2.05) is 0 Å². The van der Waals surface area contributed by atoms with E-state index in [9.17, 15) is 19.5 Å². The highest BCUT2D eigenvalue weighted by molar-refractivity contribution is 5.87. The number of hydrogen-bond donors (Lipinski definition) is 4. The first-order valence-corrected chi connectivity index (χ1v) is 13.4. The number of ether oxygens (including phenoxy) is 2. The standard InChI is InChI=1S/C27H48N4O6/c1-4-6-21(15-29)12-22(11-20(5-2)14-28)16-30-27(35)23(13-24(32)19-37-10-9-36-3)17-31-8-7-25(33)26(34)18-31/h7-8,18,20-23,34H,4-6,9-17,19,28-29H2,1-3H3,(H,30,35). The molecule has 0 bridgehead atoms. The Morgan fingerprint density at radius 3 is 2.41 bits per heavy atom. The van der Waals surface area contributed by atoms with Crippen LogP contribution in [0.1, 0.15) is 52.4 Å². The quantitative estimate of drug-likeness (QED) is 0.177. The molecule has 6 N–H and O–H groups in total. The van der Waals surface area contributed by atoms with Crippen molar-refractivity contribution >= 4 is 11.7 Å². The molecule has 0 saturated heterocycles. The second-order valence-corrected chi connectivity index (χ2v) is 9.86. The summed E-state index contributed by atoms with van der Waals surface area (Å²) in [5.41, 5.74) is 11.5. The van der Waals surface area contributed by atoms with Crippen molar-refractivity contribution in [3.63, 3.8) is 0 Å². The molecule has 1 rings (SSSR count). The highest BCUT2D eigenvalue weighted by Crippen LogP contribution is 2.24. The van der Waals surface area contributed by atoms with Gasteiger partial charge in [0, 0.05) is 45.1 Å². The van der Waals surface area contributed by atoms with Crippen LogP contribution in [0.2, 0.25) is 0 Å². The highest BCUT2D eigenvalue weighted by atomic mass is 16.5. The van der Waals surface area contributed by atoms with Gasteiger partial charge >= 0.3 is 0 Å². The number of carbonyl (C=O) groups is 2. The molecule has 4 unspecified atom stereocenters.